The van der Waals surface area contributed by atoms with Crippen molar-refractivity contribution in [1.29, 1.82) is 0 Å². The van der Waals surface area contributed by atoms with Gasteiger partial charge in [-0.2, -0.15) is 12.7 Å². The van der Waals surface area contributed by atoms with E-state index in [1.54, 1.807) is 6.92 Å². The molecule has 0 atom stereocenters. The van der Waals surface area contributed by atoms with Gasteiger partial charge in [-0.25, -0.2) is 0 Å². The zero-order valence-corrected chi connectivity index (χ0v) is 7.17. The summed E-state index contributed by atoms with van der Waals surface area (Å²) in [6.07, 6.45) is 0. The van der Waals surface area contributed by atoms with E-state index in [0.717, 1.165) is 4.31 Å². The van der Waals surface area contributed by atoms with E-state index in [0.29, 0.717) is 6.54 Å². The Morgan fingerprint density at radius 3 is 2.00 bits per heavy atom. The third-order valence-corrected chi connectivity index (χ3v) is 2.81. The minimum Gasteiger partial charge on any atom is -0.195 e. The van der Waals surface area contributed by atoms with Gasteiger partial charge < -0.3 is 0 Å². The zero-order valence-electron chi connectivity index (χ0n) is 4.84. The predicted octanol–water partition coefficient (Wildman–Crippen LogP) is 0.988. The number of halogens is 2. The molecular weight excluding hydrogens is 185 g/mol. The highest BCUT2D eigenvalue weighted by Gasteiger charge is 2.14. The van der Waals surface area contributed by atoms with Crippen molar-refractivity contribution in [3.8, 4) is 0 Å². The molecule has 6 heteroatoms. The lowest BCUT2D eigenvalue weighted by atomic mass is 10.8. The molecule has 0 aliphatic carbocycles. The highest BCUT2D eigenvalue weighted by Crippen LogP contribution is 2.05. The first-order valence-electron chi connectivity index (χ1n) is 2.28. The third kappa shape index (κ3) is 3.25. The van der Waals surface area contributed by atoms with E-state index in [4.69, 9.17) is 22.3 Å². The van der Waals surface area contributed by atoms with Crippen LogP contribution in [0.1, 0.15) is 6.92 Å². The second-order valence-electron chi connectivity index (χ2n) is 1.33. The van der Waals surface area contributed by atoms with Crippen molar-refractivity contribution in [1.82, 2.24) is 4.31 Å². The highest BCUT2D eigenvalue weighted by atomic mass is 35.7. The first-order chi connectivity index (χ1) is 4.02. The molecule has 9 heavy (non-hydrogen) atoms. The van der Waals surface area contributed by atoms with Gasteiger partial charge in [-0.05, 0) is 0 Å². The Morgan fingerprint density at radius 2 is 2.00 bits per heavy atom. The van der Waals surface area contributed by atoms with E-state index < -0.39 is 9.24 Å². The van der Waals surface area contributed by atoms with Crippen LogP contribution < -0.4 is 0 Å². The largest absolute Gasteiger partial charge is 0.300 e. The van der Waals surface area contributed by atoms with E-state index in [1.165, 1.54) is 0 Å². The maximum atomic E-state index is 10.4. The number of hydrogen-bond acceptors (Lipinski definition) is 2. The SMILES string of the molecule is CCN(CCl)S(=O)(=O)Cl. The highest BCUT2D eigenvalue weighted by molar-refractivity contribution is 8.11. The molecule has 0 aliphatic rings. The van der Waals surface area contributed by atoms with Crippen LogP contribution >= 0.6 is 22.3 Å². The van der Waals surface area contributed by atoms with Crippen LogP contribution in [0.2, 0.25) is 0 Å². The van der Waals surface area contributed by atoms with Gasteiger partial charge in [0.1, 0.15) is 0 Å². The minimum atomic E-state index is -3.59. The predicted molar refractivity (Wildman–Crippen MR) is 37.9 cm³/mol. The lowest BCUT2D eigenvalue weighted by Crippen LogP contribution is -2.25. The number of alkyl halides is 1. The summed E-state index contributed by atoms with van der Waals surface area (Å²) in [5.41, 5.74) is 0. The molecule has 0 radical (unpaired) electrons. The van der Waals surface area contributed by atoms with Crippen molar-refractivity contribution < 1.29 is 8.42 Å². The van der Waals surface area contributed by atoms with Crippen molar-refractivity contribution in [2.45, 2.75) is 6.92 Å². The summed E-state index contributed by atoms with van der Waals surface area (Å²) in [4.78, 5) is 0. The fourth-order valence-corrected chi connectivity index (χ4v) is 1.87. The molecule has 56 valence electrons. The topological polar surface area (TPSA) is 37.4 Å². The Hall–Kier alpha value is 0.490. The van der Waals surface area contributed by atoms with Gasteiger partial charge in [-0.15, -0.1) is 11.6 Å². The van der Waals surface area contributed by atoms with Crippen LogP contribution in [0.5, 0.6) is 0 Å². The molecule has 0 amide bonds. The van der Waals surface area contributed by atoms with Crippen molar-refractivity contribution >= 4 is 31.5 Å². The molecule has 0 aromatic heterocycles. The second-order valence-corrected chi connectivity index (χ2v) is 4.08. The first kappa shape index (κ1) is 9.49. The molecule has 0 fully saturated rings. The number of hydrogen-bond donors (Lipinski definition) is 0. The normalized spacial score (nSPS) is 12.4. The average Bonchev–Trinajstić information content (AvgIpc) is 1.65. The second kappa shape index (κ2) is 3.61. The maximum Gasteiger partial charge on any atom is 0.300 e. The van der Waals surface area contributed by atoms with Gasteiger partial charge in [0, 0.05) is 17.2 Å². The summed E-state index contributed by atoms with van der Waals surface area (Å²) in [6.45, 7) is 1.96. The van der Waals surface area contributed by atoms with Gasteiger partial charge in [-0.1, -0.05) is 6.92 Å². The van der Waals surface area contributed by atoms with Crippen LogP contribution in [-0.2, 0) is 9.24 Å². The molecule has 0 unspecified atom stereocenters. The maximum absolute atomic E-state index is 10.4. The molecule has 3 nitrogen and oxygen atoms in total. The van der Waals surface area contributed by atoms with Crippen molar-refractivity contribution in [3.05, 3.63) is 0 Å². The van der Waals surface area contributed by atoms with Gasteiger partial charge in [0.25, 0.3) is 0 Å². The molecule has 0 N–H and O–H groups in total. The van der Waals surface area contributed by atoms with Gasteiger partial charge in [-0.3, -0.25) is 0 Å². The smallest absolute Gasteiger partial charge is 0.195 e. The van der Waals surface area contributed by atoms with Gasteiger partial charge in [0.05, 0.1) is 6.00 Å². The summed E-state index contributed by atoms with van der Waals surface area (Å²) in [6, 6.07) is -0.0949. The van der Waals surface area contributed by atoms with E-state index in [2.05, 4.69) is 0 Å². The third-order valence-electron chi connectivity index (χ3n) is 0.794. The molecule has 0 aromatic rings. The molecule has 0 saturated heterocycles. The molecule has 0 aromatic carbocycles. The van der Waals surface area contributed by atoms with E-state index >= 15 is 0 Å². The summed E-state index contributed by atoms with van der Waals surface area (Å²) < 4.78 is 21.7. The molecule has 0 aliphatic heterocycles. The van der Waals surface area contributed by atoms with Gasteiger partial charge in [0.2, 0.25) is 0 Å². The summed E-state index contributed by atoms with van der Waals surface area (Å²) in [7, 11) is 1.32. The number of rotatable bonds is 3. The van der Waals surface area contributed by atoms with Crippen LogP contribution in [-0.4, -0.2) is 25.3 Å². The van der Waals surface area contributed by atoms with Crippen LogP contribution in [0.4, 0.5) is 0 Å². The first-order valence-corrected chi connectivity index (χ1v) is 5.08. The fraction of sp³-hybridized carbons (Fsp3) is 1.00. The summed E-state index contributed by atoms with van der Waals surface area (Å²) in [5.74, 6) is 0. The Kier molecular flexibility index (Phi) is 3.80. The fourth-order valence-electron chi connectivity index (χ4n) is 0.297. The van der Waals surface area contributed by atoms with Crippen LogP contribution in [0, 0.1) is 0 Å². The van der Waals surface area contributed by atoms with E-state index in [1.807, 2.05) is 0 Å². The lowest BCUT2D eigenvalue weighted by molar-refractivity contribution is 0.488. The molecule has 0 rings (SSSR count). The lowest BCUT2D eigenvalue weighted by Gasteiger charge is -2.10. The summed E-state index contributed by atoms with van der Waals surface area (Å²) >= 11 is 5.21. The van der Waals surface area contributed by atoms with Gasteiger partial charge >= 0.3 is 9.24 Å². The quantitative estimate of drug-likeness (QED) is 0.380. The minimum absolute atomic E-state index is 0.0949. The average molecular weight is 192 g/mol. The van der Waals surface area contributed by atoms with Crippen LogP contribution in [0.25, 0.3) is 0 Å². The van der Waals surface area contributed by atoms with E-state index in [9.17, 15) is 8.42 Å². The molecular formula is C3H7Cl2NO2S. The number of nitrogens with zero attached hydrogens (tertiary/aromatic N) is 1. The molecule has 0 heterocycles. The molecule has 0 bridgehead atoms. The Morgan fingerprint density at radius 1 is 1.56 bits per heavy atom. The molecule has 0 saturated carbocycles. The Balaban J connectivity index is 4.14. The molecule has 0 spiro atoms. The Bertz CT molecular complexity index is 163. The van der Waals surface area contributed by atoms with Crippen LogP contribution in [0.3, 0.4) is 0 Å². The van der Waals surface area contributed by atoms with Crippen LogP contribution in [0.15, 0.2) is 0 Å². The standard InChI is InChI=1S/C3H7Cl2NO2S/c1-2-6(3-4)9(5,7)8/h2-3H2,1H3. The van der Waals surface area contributed by atoms with Crippen molar-refractivity contribution in [2.24, 2.45) is 0 Å². The Labute approximate surface area is 64.1 Å². The zero-order chi connectivity index (χ0) is 7.49. The van der Waals surface area contributed by atoms with Crippen molar-refractivity contribution in [3.63, 3.8) is 0 Å². The van der Waals surface area contributed by atoms with Crippen molar-refractivity contribution in [2.75, 3.05) is 12.5 Å². The summed E-state index contributed by atoms with van der Waals surface area (Å²) in [5, 5.41) is 0. The monoisotopic (exact) mass is 191 g/mol. The van der Waals surface area contributed by atoms with Gasteiger partial charge in [0.15, 0.2) is 0 Å². The van der Waals surface area contributed by atoms with E-state index in [-0.39, 0.29) is 6.00 Å².